The number of rotatable bonds is 6. The van der Waals surface area contributed by atoms with E-state index in [-0.39, 0.29) is 24.3 Å². The number of nitrogens with zero attached hydrogens (tertiary/aromatic N) is 1. The summed E-state index contributed by atoms with van der Waals surface area (Å²) in [4.78, 5) is 26.9. The van der Waals surface area contributed by atoms with Crippen LogP contribution in [-0.4, -0.2) is 28.4 Å². The van der Waals surface area contributed by atoms with Crippen LogP contribution in [-0.2, 0) is 9.59 Å². The van der Waals surface area contributed by atoms with Crippen LogP contribution in [0.4, 0.5) is 0 Å². The molecule has 1 heterocycles. The first-order valence-electron chi connectivity index (χ1n) is 10.5. The second-order valence-corrected chi connectivity index (χ2v) is 9.35. The molecule has 3 atom stereocenters. The number of halogens is 2. The summed E-state index contributed by atoms with van der Waals surface area (Å²) in [7, 11) is 0. The SMILES string of the molecule is O=C(O)C[C@@H]1C[C@H](c2cccc(Cl)c2)[C@@H](c2ccc(Cl)cc2)N(CC2CCC2)C1=O. The highest BCUT2D eigenvalue weighted by Gasteiger charge is 2.44. The predicted molar refractivity (Wildman–Crippen MR) is 118 cm³/mol. The fourth-order valence-electron chi connectivity index (χ4n) is 4.79. The average Bonchev–Trinajstić information content (AvgIpc) is 2.67. The van der Waals surface area contributed by atoms with Crippen LogP contribution in [0.15, 0.2) is 48.5 Å². The largest absolute Gasteiger partial charge is 0.481 e. The third-order valence-electron chi connectivity index (χ3n) is 6.48. The maximum Gasteiger partial charge on any atom is 0.304 e. The molecule has 0 aromatic heterocycles. The number of hydrogen-bond acceptors (Lipinski definition) is 2. The number of amides is 1. The molecule has 158 valence electrons. The van der Waals surface area contributed by atoms with Gasteiger partial charge in [0.25, 0.3) is 0 Å². The van der Waals surface area contributed by atoms with Crippen LogP contribution in [0.5, 0.6) is 0 Å². The molecule has 2 aliphatic rings. The molecular formula is C24H25Cl2NO3. The highest BCUT2D eigenvalue weighted by atomic mass is 35.5. The average molecular weight is 446 g/mol. The topological polar surface area (TPSA) is 57.6 Å². The number of carbonyl (C=O) groups is 2. The maximum atomic E-state index is 13.4. The number of likely N-dealkylation sites (tertiary alicyclic amines) is 1. The second-order valence-electron chi connectivity index (χ2n) is 8.48. The van der Waals surface area contributed by atoms with Crippen LogP contribution < -0.4 is 0 Å². The van der Waals surface area contributed by atoms with Crippen molar-refractivity contribution in [2.24, 2.45) is 11.8 Å². The molecule has 2 fully saturated rings. The standard InChI is InChI=1S/C24H25Cl2NO3/c25-19-9-7-16(8-10-19)23-21(17-5-2-6-20(26)11-17)12-18(13-22(28)29)24(30)27(23)14-15-3-1-4-15/h2,5-11,15,18,21,23H,1,3-4,12-14H2,(H,28,29)/t18-,21+,23+/m0/s1. The Hall–Kier alpha value is -2.04. The third-order valence-corrected chi connectivity index (χ3v) is 6.96. The molecule has 1 N–H and O–H groups in total. The van der Waals surface area contributed by atoms with Crippen molar-refractivity contribution < 1.29 is 14.7 Å². The molecule has 4 rings (SSSR count). The summed E-state index contributed by atoms with van der Waals surface area (Å²) in [5.41, 5.74) is 2.05. The summed E-state index contributed by atoms with van der Waals surface area (Å²) in [5, 5.41) is 10.7. The molecule has 4 nitrogen and oxygen atoms in total. The normalized spacial score (nSPS) is 24.5. The maximum absolute atomic E-state index is 13.4. The lowest BCUT2D eigenvalue weighted by atomic mass is 9.74. The lowest BCUT2D eigenvalue weighted by molar-refractivity contribution is -0.150. The Kier molecular flexibility index (Phi) is 6.35. The lowest BCUT2D eigenvalue weighted by Gasteiger charge is -2.47. The lowest BCUT2D eigenvalue weighted by Crippen LogP contribution is -2.49. The Morgan fingerprint density at radius 2 is 1.77 bits per heavy atom. The van der Waals surface area contributed by atoms with Crippen LogP contribution in [0.1, 0.15) is 55.2 Å². The van der Waals surface area contributed by atoms with Gasteiger partial charge in [0.1, 0.15) is 0 Å². The van der Waals surface area contributed by atoms with Crippen molar-refractivity contribution in [1.29, 1.82) is 0 Å². The van der Waals surface area contributed by atoms with E-state index in [9.17, 15) is 14.7 Å². The quantitative estimate of drug-likeness (QED) is 0.597. The fourth-order valence-corrected chi connectivity index (χ4v) is 5.12. The van der Waals surface area contributed by atoms with Crippen molar-refractivity contribution in [1.82, 2.24) is 4.90 Å². The van der Waals surface area contributed by atoms with Gasteiger partial charge < -0.3 is 10.0 Å². The van der Waals surface area contributed by atoms with E-state index < -0.39 is 11.9 Å². The van der Waals surface area contributed by atoms with Gasteiger partial charge >= 0.3 is 5.97 Å². The number of carboxylic acids is 1. The third kappa shape index (κ3) is 4.50. The molecule has 1 saturated carbocycles. The van der Waals surface area contributed by atoms with Crippen molar-refractivity contribution in [3.05, 3.63) is 69.7 Å². The molecule has 0 spiro atoms. The molecular weight excluding hydrogens is 421 g/mol. The minimum Gasteiger partial charge on any atom is -0.481 e. The number of hydrogen-bond donors (Lipinski definition) is 1. The number of piperidine rings is 1. The van der Waals surface area contributed by atoms with Crippen LogP contribution in [0, 0.1) is 11.8 Å². The molecule has 1 saturated heterocycles. The van der Waals surface area contributed by atoms with Crippen molar-refractivity contribution in [3.63, 3.8) is 0 Å². The monoisotopic (exact) mass is 445 g/mol. The summed E-state index contributed by atoms with van der Waals surface area (Å²) in [6.45, 7) is 0.666. The van der Waals surface area contributed by atoms with E-state index in [2.05, 4.69) is 0 Å². The molecule has 30 heavy (non-hydrogen) atoms. The van der Waals surface area contributed by atoms with Gasteiger partial charge in [-0.05, 0) is 60.6 Å². The number of carboxylic acid groups (broad SMARTS) is 1. The number of benzene rings is 2. The van der Waals surface area contributed by atoms with Crippen LogP contribution in [0.3, 0.4) is 0 Å². The van der Waals surface area contributed by atoms with E-state index in [0.29, 0.717) is 28.9 Å². The molecule has 0 bridgehead atoms. The van der Waals surface area contributed by atoms with E-state index in [4.69, 9.17) is 23.2 Å². The minimum atomic E-state index is -0.938. The molecule has 1 aliphatic heterocycles. The van der Waals surface area contributed by atoms with E-state index >= 15 is 0 Å². The smallest absolute Gasteiger partial charge is 0.304 e. The second kappa shape index (κ2) is 8.99. The highest BCUT2D eigenvalue weighted by molar-refractivity contribution is 6.30. The van der Waals surface area contributed by atoms with Gasteiger partial charge in [0.15, 0.2) is 0 Å². The van der Waals surface area contributed by atoms with E-state index in [1.54, 1.807) is 0 Å². The number of carbonyl (C=O) groups excluding carboxylic acids is 1. The van der Waals surface area contributed by atoms with Gasteiger partial charge in [-0.2, -0.15) is 0 Å². The summed E-state index contributed by atoms with van der Waals surface area (Å²) in [5.74, 6) is -1.08. The zero-order valence-electron chi connectivity index (χ0n) is 16.6. The van der Waals surface area contributed by atoms with Crippen molar-refractivity contribution >= 4 is 35.1 Å². The molecule has 2 aromatic rings. The van der Waals surface area contributed by atoms with E-state index in [0.717, 1.165) is 24.0 Å². The Labute approximate surface area is 186 Å². The molecule has 0 unspecified atom stereocenters. The van der Waals surface area contributed by atoms with Gasteiger partial charge in [-0.1, -0.05) is 53.9 Å². The van der Waals surface area contributed by atoms with E-state index in [1.165, 1.54) is 6.42 Å². The van der Waals surface area contributed by atoms with Gasteiger partial charge in [0, 0.05) is 28.4 Å². The van der Waals surface area contributed by atoms with Crippen LogP contribution in [0.2, 0.25) is 10.0 Å². The summed E-state index contributed by atoms with van der Waals surface area (Å²) >= 11 is 12.4. The molecule has 0 radical (unpaired) electrons. The first-order valence-corrected chi connectivity index (χ1v) is 11.2. The van der Waals surface area contributed by atoms with Crippen molar-refractivity contribution in [2.45, 2.75) is 44.1 Å². The fraction of sp³-hybridized carbons (Fsp3) is 0.417. The zero-order chi connectivity index (χ0) is 21.3. The van der Waals surface area contributed by atoms with Crippen LogP contribution >= 0.6 is 23.2 Å². The zero-order valence-corrected chi connectivity index (χ0v) is 18.1. The first kappa shape index (κ1) is 21.2. The molecule has 2 aromatic carbocycles. The van der Waals surface area contributed by atoms with Gasteiger partial charge in [0.2, 0.25) is 5.91 Å². The highest BCUT2D eigenvalue weighted by Crippen LogP contribution is 2.47. The first-order chi connectivity index (χ1) is 14.4. The summed E-state index contributed by atoms with van der Waals surface area (Å²) in [6.07, 6.45) is 3.75. The van der Waals surface area contributed by atoms with Gasteiger partial charge in [-0.3, -0.25) is 9.59 Å². The van der Waals surface area contributed by atoms with E-state index in [1.807, 2.05) is 53.4 Å². The molecule has 1 amide bonds. The van der Waals surface area contributed by atoms with Crippen LogP contribution in [0.25, 0.3) is 0 Å². The van der Waals surface area contributed by atoms with Gasteiger partial charge in [-0.25, -0.2) is 0 Å². The predicted octanol–water partition coefficient (Wildman–Crippen LogP) is 5.94. The minimum absolute atomic E-state index is 0.0352. The van der Waals surface area contributed by atoms with Gasteiger partial charge in [0.05, 0.1) is 12.5 Å². The molecule has 6 heteroatoms. The Morgan fingerprint density at radius 1 is 1.03 bits per heavy atom. The Balaban J connectivity index is 1.78. The Morgan fingerprint density at radius 3 is 2.37 bits per heavy atom. The van der Waals surface area contributed by atoms with Gasteiger partial charge in [-0.15, -0.1) is 0 Å². The van der Waals surface area contributed by atoms with Crippen molar-refractivity contribution in [2.75, 3.05) is 6.54 Å². The summed E-state index contributed by atoms with van der Waals surface area (Å²) < 4.78 is 0. The summed E-state index contributed by atoms with van der Waals surface area (Å²) in [6, 6.07) is 15.2. The number of aliphatic carboxylic acids is 1. The van der Waals surface area contributed by atoms with Crippen molar-refractivity contribution in [3.8, 4) is 0 Å². The Bertz CT molecular complexity index is 926. The molecule has 1 aliphatic carbocycles.